The number of esters is 2. The first kappa shape index (κ1) is 23.3. The number of amides is 2. The van der Waals surface area contributed by atoms with Gasteiger partial charge in [-0.1, -0.05) is 11.6 Å². The van der Waals surface area contributed by atoms with E-state index in [1.807, 2.05) is 0 Å². The minimum Gasteiger partial charge on any atom is -0.469 e. The summed E-state index contributed by atoms with van der Waals surface area (Å²) in [5.41, 5.74) is -0.302. The fraction of sp³-hybridized carbons (Fsp3) is 0.444. The van der Waals surface area contributed by atoms with Crippen molar-refractivity contribution < 1.29 is 33.0 Å². The van der Waals surface area contributed by atoms with Crippen LogP contribution in [0, 0.1) is 5.13 Å². The van der Waals surface area contributed by atoms with Gasteiger partial charge >= 0.3 is 11.9 Å². The summed E-state index contributed by atoms with van der Waals surface area (Å²) in [5, 5.41) is -1.20. The van der Waals surface area contributed by atoms with Crippen LogP contribution in [0.1, 0.15) is 30.6 Å². The van der Waals surface area contributed by atoms with E-state index in [4.69, 9.17) is 27.9 Å². The number of carbonyl (C=O) groups is 4. The first-order chi connectivity index (χ1) is 13.8. The number of anilines is 1. The summed E-state index contributed by atoms with van der Waals surface area (Å²) >= 11 is 12.4. The lowest BCUT2D eigenvalue weighted by atomic mass is 9.90. The fourth-order valence-corrected chi connectivity index (χ4v) is 4.35. The topological polar surface area (TPSA) is 90.0 Å². The number of imide groups is 1. The highest BCUT2D eigenvalue weighted by Crippen LogP contribution is 2.41. The number of thiophene rings is 1. The number of nitrogens with zero attached hydrogens (tertiary/aromatic N) is 1. The number of carbonyl (C=O) groups excluding carboxylic acids is 4. The summed E-state index contributed by atoms with van der Waals surface area (Å²) in [4.78, 5) is 49.9. The predicted molar refractivity (Wildman–Crippen MR) is 106 cm³/mol. The van der Waals surface area contributed by atoms with E-state index >= 15 is 0 Å². The summed E-state index contributed by atoms with van der Waals surface area (Å²) < 4.78 is 24.0. The first-order valence-electron chi connectivity index (χ1n) is 8.53. The quantitative estimate of drug-likeness (QED) is 0.472. The first-order valence-corrected chi connectivity index (χ1v) is 10.3. The van der Waals surface area contributed by atoms with Gasteiger partial charge < -0.3 is 9.47 Å². The lowest BCUT2D eigenvalue weighted by Crippen LogP contribution is -2.40. The third kappa shape index (κ3) is 4.96. The lowest BCUT2D eigenvalue weighted by molar-refractivity contribution is -0.139. The van der Waals surface area contributed by atoms with Crippen molar-refractivity contribution in [2.75, 3.05) is 25.0 Å². The molecule has 0 N–H and O–H groups in total. The number of rotatable bonds is 6. The van der Waals surface area contributed by atoms with Crippen LogP contribution in [0.15, 0.2) is 11.1 Å². The summed E-state index contributed by atoms with van der Waals surface area (Å²) in [6.07, 6.45) is 1.46. The van der Waals surface area contributed by atoms with Crippen molar-refractivity contribution in [3.63, 3.8) is 0 Å². The number of alkyl halides is 1. The Bertz CT molecular complexity index is 882. The average molecular weight is 466 g/mol. The largest absolute Gasteiger partial charge is 0.469 e. The van der Waals surface area contributed by atoms with Crippen molar-refractivity contribution in [1.29, 1.82) is 0 Å². The maximum absolute atomic E-state index is 14.7. The molecule has 2 amide bonds. The Balaban J connectivity index is 2.57. The monoisotopic (exact) mass is 465 g/mol. The summed E-state index contributed by atoms with van der Waals surface area (Å²) in [5.74, 6) is -3.77. The van der Waals surface area contributed by atoms with Gasteiger partial charge in [-0.2, -0.15) is 4.39 Å². The second-order valence-electron chi connectivity index (χ2n) is 6.04. The van der Waals surface area contributed by atoms with Crippen molar-refractivity contribution >= 4 is 64.0 Å². The number of halogens is 3. The molecule has 1 aromatic heterocycles. The Labute approximate surface area is 180 Å². The summed E-state index contributed by atoms with van der Waals surface area (Å²) in [6, 6.07) is 0. The molecule has 0 aromatic carbocycles. The average Bonchev–Trinajstić information content (AvgIpc) is 3.00. The maximum Gasteiger partial charge on any atom is 0.334 e. The van der Waals surface area contributed by atoms with Gasteiger partial charge in [-0.3, -0.25) is 14.4 Å². The van der Waals surface area contributed by atoms with E-state index in [1.165, 1.54) is 7.11 Å². The number of ether oxygens (including phenoxy) is 2. The van der Waals surface area contributed by atoms with Crippen LogP contribution in [0.3, 0.4) is 0 Å². The van der Waals surface area contributed by atoms with E-state index in [1.54, 1.807) is 0 Å². The van der Waals surface area contributed by atoms with Gasteiger partial charge in [-0.05, 0) is 25.7 Å². The van der Waals surface area contributed by atoms with Gasteiger partial charge in [0.25, 0.3) is 5.91 Å². The predicted octanol–water partition coefficient (Wildman–Crippen LogP) is 3.40. The van der Waals surface area contributed by atoms with Crippen LogP contribution < -0.4 is 4.90 Å². The van der Waals surface area contributed by atoms with Crippen molar-refractivity contribution in [1.82, 2.24) is 0 Å². The highest BCUT2D eigenvalue weighted by molar-refractivity contribution is 7.11. The second kappa shape index (κ2) is 10.2. The number of hydrogen-bond acceptors (Lipinski definition) is 7. The smallest absolute Gasteiger partial charge is 0.334 e. The third-order valence-corrected chi connectivity index (χ3v) is 6.05. The molecular weight excluding hydrogens is 448 g/mol. The molecule has 0 spiro atoms. The highest BCUT2D eigenvalue weighted by atomic mass is 35.5. The number of hydrogen-bond donors (Lipinski definition) is 0. The van der Waals surface area contributed by atoms with E-state index in [-0.39, 0.29) is 33.9 Å². The molecule has 0 unspecified atom stereocenters. The Morgan fingerprint density at radius 3 is 2.28 bits per heavy atom. The zero-order chi connectivity index (χ0) is 21.7. The van der Waals surface area contributed by atoms with Gasteiger partial charge in [0, 0.05) is 16.0 Å². The van der Waals surface area contributed by atoms with Crippen LogP contribution >= 0.6 is 34.5 Å². The molecule has 11 heteroatoms. The van der Waals surface area contributed by atoms with Crippen molar-refractivity contribution in [2.24, 2.45) is 0 Å². The Morgan fingerprint density at radius 2 is 1.72 bits per heavy atom. The third-order valence-electron chi connectivity index (χ3n) is 4.33. The van der Waals surface area contributed by atoms with Gasteiger partial charge in [-0.25, -0.2) is 9.69 Å². The SMILES string of the molecule is COC(=O)Cc1sc(F)c(N(C(=O)CCl)C(=O)C2=C(C(=O)OC)CCCC2)c1Cl. The molecule has 0 saturated heterocycles. The molecule has 0 saturated carbocycles. The molecule has 29 heavy (non-hydrogen) atoms. The van der Waals surface area contributed by atoms with Crippen molar-refractivity contribution in [3.8, 4) is 0 Å². The van der Waals surface area contributed by atoms with E-state index < -0.39 is 40.5 Å². The van der Waals surface area contributed by atoms with Gasteiger partial charge in [0.15, 0.2) is 0 Å². The van der Waals surface area contributed by atoms with Crippen molar-refractivity contribution in [3.05, 3.63) is 26.2 Å². The molecule has 0 aliphatic heterocycles. The molecular formula is C18H18Cl2FNO6S. The van der Waals surface area contributed by atoms with Crippen LogP contribution in [0.2, 0.25) is 5.02 Å². The van der Waals surface area contributed by atoms with Gasteiger partial charge in [-0.15, -0.1) is 22.9 Å². The molecule has 158 valence electrons. The molecule has 7 nitrogen and oxygen atoms in total. The normalized spacial score (nSPS) is 13.8. The molecule has 1 aromatic rings. The van der Waals surface area contributed by atoms with Crippen molar-refractivity contribution in [2.45, 2.75) is 32.1 Å². The van der Waals surface area contributed by atoms with Crippen LogP contribution in [0.5, 0.6) is 0 Å². The Morgan fingerprint density at radius 1 is 1.10 bits per heavy atom. The molecule has 0 atom stereocenters. The Kier molecular flexibility index (Phi) is 8.18. The lowest BCUT2D eigenvalue weighted by Gasteiger charge is -2.24. The minimum atomic E-state index is -0.934. The van der Waals surface area contributed by atoms with E-state index in [9.17, 15) is 23.6 Å². The summed E-state index contributed by atoms with van der Waals surface area (Å²) in [7, 11) is 2.35. The molecule has 0 bridgehead atoms. The molecule has 1 heterocycles. The van der Waals surface area contributed by atoms with E-state index in [0.29, 0.717) is 35.5 Å². The van der Waals surface area contributed by atoms with E-state index in [0.717, 1.165) is 7.11 Å². The molecule has 0 fully saturated rings. The molecule has 2 rings (SSSR count). The summed E-state index contributed by atoms with van der Waals surface area (Å²) in [6.45, 7) is 0. The van der Waals surface area contributed by atoms with Crippen LogP contribution in [0.25, 0.3) is 0 Å². The second-order valence-corrected chi connectivity index (χ2v) is 7.74. The van der Waals surface area contributed by atoms with Crippen LogP contribution in [-0.2, 0) is 35.1 Å². The molecule has 0 radical (unpaired) electrons. The van der Waals surface area contributed by atoms with Crippen LogP contribution in [0.4, 0.5) is 10.1 Å². The van der Waals surface area contributed by atoms with Crippen LogP contribution in [-0.4, -0.2) is 43.9 Å². The minimum absolute atomic E-state index is 0.0535. The fourth-order valence-electron chi connectivity index (χ4n) is 2.95. The van der Waals surface area contributed by atoms with Gasteiger partial charge in [0.2, 0.25) is 11.0 Å². The molecule has 1 aliphatic carbocycles. The van der Waals surface area contributed by atoms with Gasteiger partial charge in [0.05, 0.1) is 25.7 Å². The number of methoxy groups -OCH3 is 2. The highest BCUT2D eigenvalue weighted by Gasteiger charge is 2.36. The Hall–Kier alpha value is -1.97. The standard InChI is InChI=1S/C18H18Cl2FNO6S/c1-27-13(24)7-11-14(20)15(16(21)29-11)22(12(23)8-19)17(25)9-5-3-4-6-10(9)18(26)28-2/h3-8H2,1-2H3. The van der Waals surface area contributed by atoms with Gasteiger partial charge in [0.1, 0.15) is 11.6 Å². The zero-order valence-corrected chi connectivity index (χ0v) is 18.0. The maximum atomic E-state index is 14.7. The zero-order valence-electron chi connectivity index (χ0n) is 15.7. The van der Waals surface area contributed by atoms with E-state index in [2.05, 4.69) is 4.74 Å². The molecule has 1 aliphatic rings.